The Balaban J connectivity index is 2.57. The summed E-state index contributed by atoms with van der Waals surface area (Å²) < 4.78 is 14.9. The maximum Gasteiger partial charge on any atom is 0.404 e. The fourth-order valence-electron chi connectivity index (χ4n) is 2.63. The summed E-state index contributed by atoms with van der Waals surface area (Å²) in [6.07, 6.45) is -0.190. The van der Waals surface area contributed by atoms with Crippen molar-refractivity contribution in [2.24, 2.45) is 11.3 Å². The lowest BCUT2D eigenvalue weighted by atomic mass is 9.56. The summed E-state index contributed by atoms with van der Waals surface area (Å²) >= 11 is -1.10. The second-order valence-corrected chi connectivity index (χ2v) is 8.95. The molecule has 0 aromatic heterocycles. The minimum Gasteiger partial charge on any atom is -0.598 e. The van der Waals surface area contributed by atoms with Crippen LogP contribution in [0.3, 0.4) is 0 Å². The topological polar surface area (TPSA) is 84.4 Å². The highest BCUT2D eigenvalue weighted by atomic mass is 32.2. The molecule has 0 bridgehead atoms. The molecule has 0 aliphatic heterocycles. The lowest BCUT2D eigenvalue weighted by Crippen LogP contribution is -2.63. The lowest BCUT2D eigenvalue weighted by molar-refractivity contribution is -0.000692. The van der Waals surface area contributed by atoms with Crippen LogP contribution < -0.4 is 10.0 Å². The third-order valence-corrected chi connectivity index (χ3v) is 5.79. The van der Waals surface area contributed by atoms with Gasteiger partial charge in [0.1, 0.15) is 4.75 Å². The Morgan fingerprint density at radius 2 is 2.00 bits per heavy atom. The highest BCUT2D eigenvalue weighted by Gasteiger charge is 2.52. The number of nitrogens with one attached hydrogen (secondary N) is 2. The van der Waals surface area contributed by atoms with Gasteiger partial charge in [-0.25, -0.2) is 4.79 Å². The lowest BCUT2D eigenvalue weighted by Gasteiger charge is -2.54. The smallest absolute Gasteiger partial charge is 0.404 e. The summed E-state index contributed by atoms with van der Waals surface area (Å²) in [7, 11) is 0. The molecule has 4 atom stereocenters. The maximum atomic E-state index is 12.1. The summed E-state index contributed by atoms with van der Waals surface area (Å²) in [6.45, 7) is 11.9. The molecule has 0 radical (unpaired) electrons. The van der Waals surface area contributed by atoms with Gasteiger partial charge in [-0.05, 0) is 45.4 Å². The fourth-order valence-corrected chi connectivity index (χ4v) is 3.49. The Morgan fingerprint density at radius 1 is 1.47 bits per heavy atom. The quantitative estimate of drug-likeness (QED) is 0.692. The van der Waals surface area contributed by atoms with Gasteiger partial charge in [0.2, 0.25) is 0 Å². The van der Waals surface area contributed by atoms with Crippen LogP contribution in [0.1, 0.15) is 48.0 Å². The molecular formula is C13H26N2O3S. The SMILES string of the molecule is C[C@H](N[S+]([O-])C(C)(C)C)[C@@H]1C[C@H](NC(=O)O)C1(C)C. The molecule has 1 amide bonds. The van der Waals surface area contributed by atoms with Crippen molar-refractivity contribution in [2.45, 2.75) is 64.8 Å². The van der Waals surface area contributed by atoms with Crippen molar-refractivity contribution in [1.82, 2.24) is 10.0 Å². The molecule has 0 heterocycles. The van der Waals surface area contributed by atoms with E-state index in [0.717, 1.165) is 6.42 Å². The molecule has 1 unspecified atom stereocenters. The molecule has 112 valence electrons. The monoisotopic (exact) mass is 290 g/mol. The predicted octanol–water partition coefficient (Wildman–Crippen LogP) is 2.11. The zero-order valence-electron chi connectivity index (χ0n) is 12.6. The molecule has 1 aliphatic carbocycles. The molecule has 6 heteroatoms. The van der Waals surface area contributed by atoms with Crippen LogP contribution in [0.2, 0.25) is 0 Å². The highest BCUT2D eigenvalue weighted by Crippen LogP contribution is 2.48. The van der Waals surface area contributed by atoms with E-state index in [2.05, 4.69) is 23.9 Å². The van der Waals surface area contributed by atoms with E-state index < -0.39 is 17.5 Å². The number of amides is 1. The summed E-state index contributed by atoms with van der Waals surface area (Å²) in [4.78, 5) is 10.7. The molecule has 1 fully saturated rings. The molecule has 1 aliphatic rings. The van der Waals surface area contributed by atoms with Crippen LogP contribution in [0.4, 0.5) is 4.79 Å². The first-order valence-electron chi connectivity index (χ1n) is 6.63. The molecule has 5 nitrogen and oxygen atoms in total. The first kappa shape index (κ1) is 16.6. The molecule has 0 saturated heterocycles. The van der Waals surface area contributed by atoms with Crippen molar-refractivity contribution in [3.05, 3.63) is 0 Å². The van der Waals surface area contributed by atoms with E-state index in [-0.39, 0.29) is 22.2 Å². The van der Waals surface area contributed by atoms with Gasteiger partial charge in [0.15, 0.2) is 0 Å². The van der Waals surface area contributed by atoms with E-state index in [0.29, 0.717) is 5.92 Å². The van der Waals surface area contributed by atoms with Crippen molar-refractivity contribution in [2.75, 3.05) is 0 Å². The Bertz CT molecular complexity index is 341. The number of hydrogen-bond donors (Lipinski definition) is 3. The Kier molecular flexibility index (Phi) is 4.80. The van der Waals surface area contributed by atoms with Crippen molar-refractivity contribution in [1.29, 1.82) is 0 Å². The van der Waals surface area contributed by atoms with E-state index in [1.165, 1.54) is 0 Å². The maximum absolute atomic E-state index is 12.1. The van der Waals surface area contributed by atoms with Crippen LogP contribution in [-0.4, -0.2) is 32.6 Å². The molecule has 0 aromatic rings. The number of carboxylic acid groups (broad SMARTS) is 1. The van der Waals surface area contributed by atoms with E-state index in [4.69, 9.17) is 5.11 Å². The number of carbonyl (C=O) groups is 1. The normalized spacial score (nSPS) is 29.2. The summed E-state index contributed by atoms with van der Waals surface area (Å²) in [5.74, 6) is 0.315. The summed E-state index contributed by atoms with van der Waals surface area (Å²) in [6, 6.07) is 0.0734. The second-order valence-electron chi connectivity index (χ2n) is 6.95. The van der Waals surface area contributed by atoms with Crippen LogP contribution in [0.25, 0.3) is 0 Å². The van der Waals surface area contributed by atoms with Gasteiger partial charge >= 0.3 is 6.09 Å². The van der Waals surface area contributed by atoms with Crippen molar-refractivity contribution in [3.8, 4) is 0 Å². The summed E-state index contributed by atoms with van der Waals surface area (Å²) in [5.41, 5.74) is -0.118. The molecule has 1 rings (SSSR count). The third kappa shape index (κ3) is 3.77. The van der Waals surface area contributed by atoms with Gasteiger partial charge in [-0.1, -0.05) is 13.8 Å². The Labute approximate surface area is 118 Å². The second kappa shape index (κ2) is 5.50. The van der Waals surface area contributed by atoms with Gasteiger partial charge in [-0.15, -0.1) is 4.72 Å². The van der Waals surface area contributed by atoms with Crippen LogP contribution >= 0.6 is 0 Å². The minimum atomic E-state index is -1.10. The Hall–Kier alpha value is -0.460. The van der Waals surface area contributed by atoms with Crippen LogP contribution in [0.15, 0.2) is 0 Å². The fraction of sp³-hybridized carbons (Fsp3) is 0.923. The molecule has 0 spiro atoms. The first-order valence-corrected chi connectivity index (χ1v) is 7.78. The third-order valence-electron chi connectivity index (χ3n) is 4.09. The van der Waals surface area contributed by atoms with Gasteiger partial charge < -0.3 is 15.0 Å². The zero-order valence-corrected chi connectivity index (χ0v) is 13.4. The predicted molar refractivity (Wildman–Crippen MR) is 77.3 cm³/mol. The first-order chi connectivity index (χ1) is 8.46. The van der Waals surface area contributed by atoms with E-state index in [9.17, 15) is 9.35 Å². The van der Waals surface area contributed by atoms with Crippen molar-refractivity contribution < 1.29 is 14.5 Å². The van der Waals surface area contributed by atoms with Crippen molar-refractivity contribution in [3.63, 3.8) is 0 Å². The van der Waals surface area contributed by atoms with Crippen LogP contribution in [-0.2, 0) is 11.4 Å². The van der Waals surface area contributed by atoms with E-state index in [1.807, 2.05) is 27.7 Å². The number of rotatable bonds is 4. The standard InChI is InChI=1S/C13H26N2O3S/c1-8(15-19(18)12(2,3)4)9-7-10(13(9,5)6)14-11(16)17/h8-10,14-15H,7H2,1-6H3,(H,16,17)/t8-,9-,10-,19?/m0/s1. The minimum absolute atomic E-state index is 0.0256. The average molecular weight is 290 g/mol. The Morgan fingerprint density at radius 3 is 2.37 bits per heavy atom. The highest BCUT2D eigenvalue weighted by molar-refractivity contribution is 7.90. The summed E-state index contributed by atoms with van der Waals surface area (Å²) in [5, 5.41) is 11.3. The van der Waals surface area contributed by atoms with Gasteiger partial charge in [0.25, 0.3) is 0 Å². The molecule has 1 saturated carbocycles. The van der Waals surface area contributed by atoms with Gasteiger partial charge in [-0.3, -0.25) is 0 Å². The molecule has 0 aromatic carbocycles. The van der Waals surface area contributed by atoms with E-state index >= 15 is 0 Å². The van der Waals surface area contributed by atoms with Gasteiger partial charge in [-0.2, -0.15) is 0 Å². The van der Waals surface area contributed by atoms with Crippen LogP contribution in [0.5, 0.6) is 0 Å². The molecule has 19 heavy (non-hydrogen) atoms. The average Bonchev–Trinajstić information content (AvgIpc) is 2.21. The largest absolute Gasteiger partial charge is 0.598 e. The van der Waals surface area contributed by atoms with Gasteiger partial charge in [0.05, 0.1) is 6.04 Å². The van der Waals surface area contributed by atoms with E-state index in [1.54, 1.807) is 0 Å². The number of hydrogen-bond acceptors (Lipinski definition) is 3. The molecular weight excluding hydrogens is 264 g/mol. The van der Waals surface area contributed by atoms with Gasteiger partial charge in [0, 0.05) is 17.4 Å². The van der Waals surface area contributed by atoms with Crippen LogP contribution in [0, 0.1) is 11.3 Å². The molecule has 3 N–H and O–H groups in total. The van der Waals surface area contributed by atoms with Crippen molar-refractivity contribution >= 4 is 17.5 Å². The zero-order chi connectivity index (χ0) is 15.0.